The summed E-state index contributed by atoms with van der Waals surface area (Å²) in [5.74, 6) is -1.08. The number of carbonyl (C=O) groups excluding carboxylic acids is 1. The van der Waals surface area contributed by atoms with Crippen molar-refractivity contribution in [3.63, 3.8) is 0 Å². The number of hydrogen-bond donors (Lipinski definition) is 2. The van der Waals surface area contributed by atoms with Crippen molar-refractivity contribution in [2.75, 3.05) is 11.9 Å². The summed E-state index contributed by atoms with van der Waals surface area (Å²) in [5.41, 5.74) is 5.54. The lowest BCUT2D eigenvalue weighted by atomic mass is 9.93. The molecule has 1 saturated heterocycles. The Balaban J connectivity index is 1.20. The molecule has 0 radical (unpaired) electrons. The minimum absolute atomic E-state index is 0.0320. The van der Waals surface area contributed by atoms with E-state index in [1.54, 1.807) is 24.4 Å². The number of amides is 1. The number of nitrogens with one attached hydrogen (secondary N) is 2. The first kappa shape index (κ1) is 30.3. The Hall–Kier alpha value is -5.74. The third-order valence-corrected chi connectivity index (χ3v) is 11.2. The van der Waals surface area contributed by atoms with Crippen LogP contribution in [0.25, 0.3) is 32.0 Å². The van der Waals surface area contributed by atoms with E-state index < -0.39 is 11.6 Å². The summed E-state index contributed by atoms with van der Waals surface area (Å²) in [7, 11) is 0. The smallest absolute Gasteiger partial charge is 0.388 e. The normalized spacial score (nSPS) is 17.6. The van der Waals surface area contributed by atoms with E-state index in [0.29, 0.717) is 66.1 Å². The molecule has 0 spiro atoms. The Kier molecular flexibility index (Phi) is 7.10. The molecule has 2 N–H and O–H groups in total. The van der Waals surface area contributed by atoms with E-state index in [0.717, 1.165) is 44.5 Å². The Morgan fingerprint density at radius 3 is 2.72 bits per heavy atom. The molecular formula is C37H27F2N7O3S. The number of thiophene rings is 1. The van der Waals surface area contributed by atoms with Crippen molar-refractivity contribution in [2.45, 2.75) is 50.6 Å². The highest BCUT2D eigenvalue weighted by Crippen LogP contribution is 2.50. The zero-order valence-electron chi connectivity index (χ0n) is 26.4. The van der Waals surface area contributed by atoms with Crippen molar-refractivity contribution in [3.05, 3.63) is 116 Å². The van der Waals surface area contributed by atoms with Crippen LogP contribution in [0.3, 0.4) is 0 Å². The number of aromatic nitrogens is 4. The van der Waals surface area contributed by atoms with Gasteiger partial charge in [0.25, 0.3) is 11.8 Å². The van der Waals surface area contributed by atoms with Gasteiger partial charge in [-0.3, -0.25) is 9.78 Å². The third kappa shape index (κ3) is 4.89. The third-order valence-electron chi connectivity index (χ3n) is 9.98. The van der Waals surface area contributed by atoms with Gasteiger partial charge in [-0.25, -0.2) is 23.7 Å². The zero-order valence-corrected chi connectivity index (χ0v) is 27.2. The molecule has 248 valence electrons. The van der Waals surface area contributed by atoms with E-state index in [-0.39, 0.29) is 35.3 Å². The number of nitrogens with zero attached hydrogens (tertiary/aromatic N) is 5. The number of aromatic amines is 1. The number of anilines is 1. The molecular weight excluding hydrogens is 661 g/mol. The Morgan fingerprint density at radius 1 is 1.06 bits per heavy atom. The summed E-state index contributed by atoms with van der Waals surface area (Å²) < 4.78 is 34.8. The van der Waals surface area contributed by atoms with Gasteiger partial charge in [0.1, 0.15) is 23.5 Å². The summed E-state index contributed by atoms with van der Waals surface area (Å²) in [4.78, 5) is 38.9. The average molecular weight is 688 g/mol. The fourth-order valence-electron chi connectivity index (χ4n) is 7.68. The maximum Gasteiger partial charge on any atom is 0.434 e. The first-order chi connectivity index (χ1) is 24.4. The van der Waals surface area contributed by atoms with Gasteiger partial charge >= 0.3 is 5.76 Å². The number of carbonyl (C=O) groups is 1. The number of pyridine rings is 2. The summed E-state index contributed by atoms with van der Waals surface area (Å²) in [5, 5.41) is 20.3. The van der Waals surface area contributed by atoms with Crippen molar-refractivity contribution in [3.8, 4) is 28.0 Å². The number of fused-ring (bicyclic) bond motifs is 5. The van der Waals surface area contributed by atoms with Gasteiger partial charge in [0.15, 0.2) is 0 Å². The van der Waals surface area contributed by atoms with Crippen molar-refractivity contribution in [1.29, 1.82) is 5.26 Å². The van der Waals surface area contributed by atoms with E-state index in [2.05, 4.69) is 20.5 Å². The second-order valence-corrected chi connectivity index (χ2v) is 13.9. The van der Waals surface area contributed by atoms with Crippen LogP contribution < -0.4 is 11.1 Å². The van der Waals surface area contributed by atoms with Crippen molar-refractivity contribution in [2.24, 2.45) is 0 Å². The highest BCUT2D eigenvalue weighted by Gasteiger charge is 2.45. The van der Waals surface area contributed by atoms with Gasteiger partial charge in [-0.1, -0.05) is 12.1 Å². The second kappa shape index (κ2) is 11.7. The largest absolute Gasteiger partial charge is 0.434 e. The van der Waals surface area contributed by atoms with Gasteiger partial charge in [-0.2, -0.15) is 5.26 Å². The van der Waals surface area contributed by atoms with Crippen LogP contribution in [-0.2, 0) is 19.3 Å². The number of H-pyrrole nitrogens is 1. The molecule has 6 aromatic rings. The number of halogens is 2. The molecule has 10 nitrogen and oxygen atoms in total. The van der Waals surface area contributed by atoms with Gasteiger partial charge in [-0.15, -0.1) is 16.4 Å². The molecule has 0 bridgehead atoms. The Morgan fingerprint density at radius 2 is 1.92 bits per heavy atom. The van der Waals surface area contributed by atoms with E-state index in [1.165, 1.54) is 29.5 Å². The van der Waals surface area contributed by atoms with E-state index in [4.69, 9.17) is 9.40 Å². The quantitative estimate of drug-likeness (QED) is 0.182. The standard InChI is InChI=1S/C37H27F2N7O3S/c38-22-7-3-18(4-8-22)5-9-26-29(35-44-45-37(48)49-35)30(31-32(42-26)27-2-1-13-46(27)36(31)47)28-15-20-11-12-41-34(33(20)50-28)43-25-10-6-19-14-21(17-40)24(39)16-23(19)25/h3-4,7-8,11-12,14-16,25,27H,1-2,5-6,9-10,13H2,(H,41,43)(H,45,48)/t25-,27?/m1/s1. The molecule has 2 aliphatic heterocycles. The van der Waals surface area contributed by atoms with Crippen LogP contribution in [-0.4, -0.2) is 37.5 Å². The van der Waals surface area contributed by atoms with Crippen LogP contribution in [0.1, 0.15) is 75.3 Å². The van der Waals surface area contributed by atoms with Crippen LogP contribution in [0.2, 0.25) is 0 Å². The summed E-state index contributed by atoms with van der Waals surface area (Å²) in [6.07, 6.45) is 5.74. The maximum atomic E-state index is 14.7. The van der Waals surface area contributed by atoms with Gasteiger partial charge in [0.05, 0.1) is 44.9 Å². The average Bonchev–Trinajstić information content (AvgIpc) is 3.96. The van der Waals surface area contributed by atoms with Crippen LogP contribution in [0.15, 0.2) is 63.9 Å². The lowest BCUT2D eigenvalue weighted by Crippen LogP contribution is -2.22. The van der Waals surface area contributed by atoms with Crippen LogP contribution in [0.5, 0.6) is 0 Å². The minimum atomic E-state index is -0.731. The molecule has 0 saturated carbocycles. The van der Waals surface area contributed by atoms with Crippen molar-refractivity contribution >= 4 is 33.1 Å². The molecule has 1 aliphatic carbocycles. The molecule has 1 unspecified atom stereocenters. The van der Waals surface area contributed by atoms with Crippen molar-refractivity contribution < 1.29 is 18.0 Å². The van der Waals surface area contributed by atoms with Gasteiger partial charge < -0.3 is 14.6 Å². The predicted molar refractivity (Wildman–Crippen MR) is 182 cm³/mol. The first-order valence-corrected chi connectivity index (χ1v) is 17.2. The molecule has 1 amide bonds. The highest BCUT2D eigenvalue weighted by atomic mass is 32.1. The Labute approximate surface area is 287 Å². The molecule has 6 heterocycles. The second-order valence-electron chi connectivity index (χ2n) is 12.8. The summed E-state index contributed by atoms with van der Waals surface area (Å²) in [6.45, 7) is 0.626. The molecule has 2 aromatic carbocycles. The predicted octanol–water partition coefficient (Wildman–Crippen LogP) is 7.03. The fourth-order valence-corrected chi connectivity index (χ4v) is 8.84. The van der Waals surface area contributed by atoms with E-state index >= 15 is 0 Å². The van der Waals surface area contributed by atoms with Gasteiger partial charge in [-0.05, 0) is 97.0 Å². The molecule has 9 rings (SSSR count). The number of aryl methyl sites for hydroxylation is 3. The highest BCUT2D eigenvalue weighted by molar-refractivity contribution is 7.23. The molecule has 50 heavy (non-hydrogen) atoms. The molecule has 3 aliphatic rings. The minimum Gasteiger partial charge on any atom is -0.388 e. The monoisotopic (exact) mass is 687 g/mol. The molecule has 4 aromatic heterocycles. The van der Waals surface area contributed by atoms with Crippen LogP contribution in [0.4, 0.5) is 14.6 Å². The zero-order chi connectivity index (χ0) is 34.1. The van der Waals surface area contributed by atoms with Crippen molar-refractivity contribution in [1.82, 2.24) is 25.1 Å². The van der Waals surface area contributed by atoms with Crippen LogP contribution >= 0.6 is 11.3 Å². The topological polar surface area (TPSA) is 141 Å². The molecule has 2 atom stereocenters. The molecule has 1 fully saturated rings. The number of rotatable bonds is 7. The SMILES string of the molecule is N#Cc1cc2c(cc1F)[C@H](Nc1nccc3cc(-c4c5c(nc(CCc6ccc(F)cc6)c4-c4n[nH]c(=O)o4)C4CCCN4C5=O)sc13)CC2. The van der Waals surface area contributed by atoms with Gasteiger partial charge in [0, 0.05) is 23.2 Å². The lowest BCUT2D eigenvalue weighted by molar-refractivity contribution is 0.0776. The lowest BCUT2D eigenvalue weighted by Gasteiger charge is -2.16. The first-order valence-electron chi connectivity index (χ1n) is 16.4. The summed E-state index contributed by atoms with van der Waals surface area (Å²) >= 11 is 1.45. The van der Waals surface area contributed by atoms with E-state index in [1.807, 2.05) is 23.1 Å². The number of hydrogen-bond acceptors (Lipinski definition) is 9. The Bertz CT molecular complexity index is 2460. The van der Waals surface area contributed by atoms with Gasteiger partial charge in [0.2, 0.25) is 0 Å². The molecule has 13 heteroatoms. The van der Waals surface area contributed by atoms with E-state index in [9.17, 15) is 23.6 Å². The number of nitriles is 1. The summed E-state index contributed by atoms with van der Waals surface area (Å²) in [6, 6.07) is 14.8. The number of benzene rings is 2. The fraction of sp³-hybridized carbons (Fsp3) is 0.243. The maximum absolute atomic E-state index is 14.7. The van der Waals surface area contributed by atoms with Crippen LogP contribution in [0, 0.1) is 23.0 Å².